The molecule has 0 bridgehead atoms. The van der Waals surface area contributed by atoms with Crippen LogP contribution in [0.5, 0.6) is 0 Å². The van der Waals surface area contributed by atoms with Crippen LogP contribution in [0.3, 0.4) is 0 Å². The third-order valence-electron chi connectivity index (χ3n) is 3.20. The second kappa shape index (κ2) is 4.89. The highest BCUT2D eigenvalue weighted by Crippen LogP contribution is 2.23. The summed E-state index contributed by atoms with van der Waals surface area (Å²) in [7, 11) is -3.62. The molecule has 0 saturated heterocycles. The van der Waals surface area contributed by atoms with E-state index in [1.807, 2.05) is 13.0 Å². The number of anilines is 1. The quantitative estimate of drug-likeness (QED) is 0.806. The maximum absolute atomic E-state index is 12.5. The van der Waals surface area contributed by atoms with Crippen molar-refractivity contribution in [3.05, 3.63) is 53.9 Å². The van der Waals surface area contributed by atoms with E-state index in [1.54, 1.807) is 37.3 Å². The van der Waals surface area contributed by atoms with Crippen LogP contribution < -0.4 is 4.72 Å². The third-order valence-corrected chi connectivity index (χ3v) is 4.74. The molecule has 6 heteroatoms. The lowest BCUT2D eigenvalue weighted by Gasteiger charge is -2.10. The molecule has 0 radical (unpaired) electrons. The van der Waals surface area contributed by atoms with Crippen molar-refractivity contribution >= 4 is 26.8 Å². The lowest BCUT2D eigenvalue weighted by molar-refractivity contribution is 0.600. The monoisotopic (exact) mass is 302 g/mol. The maximum Gasteiger partial charge on any atom is 0.262 e. The first-order valence-corrected chi connectivity index (χ1v) is 7.87. The molecule has 0 aliphatic rings. The molecule has 1 aromatic heterocycles. The molecule has 5 nitrogen and oxygen atoms in total. The first kappa shape index (κ1) is 13.6. The molecule has 3 aromatic rings. The number of fused-ring (bicyclic) bond motifs is 1. The molecule has 3 rings (SSSR count). The lowest BCUT2D eigenvalue weighted by Crippen LogP contribution is -2.14. The number of sulfonamides is 1. The molecule has 0 amide bonds. The Kier molecular flexibility index (Phi) is 3.17. The largest absolute Gasteiger partial charge is 0.443 e. The van der Waals surface area contributed by atoms with Crippen molar-refractivity contribution in [3.63, 3.8) is 0 Å². The zero-order chi connectivity index (χ0) is 15.0. The first-order chi connectivity index (χ1) is 9.95. The van der Waals surface area contributed by atoms with Gasteiger partial charge in [0, 0.05) is 0 Å². The normalized spacial score (nSPS) is 11.7. The smallest absolute Gasteiger partial charge is 0.262 e. The van der Waals surface area contributed by atoms with Crippen molar-refractivity contribution in [2.24, 2.45) is 0 Å². The number of hydrogen-bond acceptors (Lipinski definition) is 4. The van der Waals surface area contributed by atoms with Gasteiger partial charge in [0.05, 0.1) is 10.6 Å². The zero-order valence-corrected chi connectivity index (χ0v) is 12.4. The first-order valence-electron chi connectivity index (χ1n) is 6.39. The van der Waals surface area contributed by atoms with Crippen molar-refractivity contribution in [2.45, 2.75) is 18.7 Å². The van der Waals surface area contributed by atoms with Gasteiger partial charge in [0.1, 0.15) is 5.52 Å². The van der Waals surface area contributed by atoms with E-state index in [4.69, 9.17) is 4.42 Å². The number of hydrogen-bond donors (Lipinski definition) is 1. The molecule has 0 aliphatic heterocycles. The Morgan fingerprint density at radius 1 is 1.10 bits per heavy atom. The molecule has 0 aliphatic carbocycles. The molecular formula is C15H14N2O3S. The Hall–Kier alpha value is -2.34. The maximum atomic E-state index is 12.5. The van der Waals surface area contributed by atoms with Crippen LogP contribution in [0, 0.1) is 13.8 Å². The van der Waals surface area contributed by atoms with E-state index in [9.17, 15) is 8.42 Å². The zero-order valence-electron chi connectivity index (χ0n) is 11.6. The fourth-order valence-corrected chi connectivity index (χ4v) is 3.51. The number of nitrogens with one attached hydrogen (secondary N) is 1. The average molecular weight is 302 g/mol. The van der Waals surface area contributed by atoms with Crippen LogP contribution in [0.25, 0.3) is 11.1 Å². The van der Waals surface area contributed by atoms with Crippen LogP contribution in [-0.2, 0) is 10.0 Å². The highest BCUT2D eigenvalue weighted by atomic mass is 32.2. The molecule has 0 fully saturated rings. The molecule has 0 atom stereocenters. The Morgan fingerprint density at radius 3 is 2.67 bits per heavy atom. The van der Waals surface area contributed by atoms with Gasteiger partial charge in [0.2, 0.25) is 0 Å². The predicted molar refractivity (Wildman–Crippen MR) is 80.7 cm³/mol. The van der Waals surface area contributed by atoms with Gasteiger partial charge in [-0.25, -0.2) is 13.4 Å². The summed E-state index contributed by atoms with van der Waals surface area (Å²) in [6.45, 7) is 3.71. The van der Waals surface area contributed by atoms with Crippen molar-refractivity contribution in [3.8, 4) is 0 Å². The number of aryl methyl sites for hydroxylation is 2. The second-order valence-electron chi connectivity index (χ2n) is 4.91. The van der Waals surface area contributed by atoms with E-state index in [2.05, 4.69) is 9.71 Å². The SMILES string of the molecule is Cc1ccc(S(=O)(=O)Nc2ccc3ocnc3c2)c(C)c1. The summed E-state index contributed by atoms with van der Waals surface area (Å²) in [6.07, 6.45) is 1.33. The van der Waals surface area contributed by atoms with Crippen molar-refractivity contribution in [1.82, 2.24) is 4.98 Å². The molecule has 108 valence electrons. The third kappa shape index (κ3) is 2.62. The minimum absolute atomic E-state index is 0.272. The van der Waals surface area contributed by atoms with Crippen molar-refractivity contribution < 1.29 is 12.8 Å². The molecule has 2 aromatic carbocycles. The van der Waals surface area contributed by atoms with Gasteiger partial charge in [-0.15, -0.1) is 0 Å². The Bertz CT molecular complexity index is 914. The standard InChI is InChI=1S/C15H14N2O3S/c1-10-3-6-15(11(2)7-10)21(18,19)17-12-4-5-14-13(8-12)16-9-20-14/h3-9,17H,1-2H3. The summed E-state index contributed by atoms with van der Waals surface area (Å²) in [5, 5.41) is 0. The second-order valence-corrected chi connectivity index (χ2v) is 6.56. The van der Waals surface area contributed by atoms with Crippen LogP contribution >= 0.6 is 0 Å². The number of rotatable bonds is 3. The summed E-state index contributed by atoms with van der Waals surface area (Å²) in [4.78, 5) is 4.28. The molecule has 0 spiro atoms. The van der Waals surface area contributed by atoms with Crippen LogP contribution in [-0.4, -0.2) is 13.4 Å². The van der Waals surface area contributed by atoms with E-state index in [0.29, 0.717) is 22.4 Å². The van der Waals surface area contributed by atoms with Gasteiger partial charge < -0.3 is 4.42 Å². The van der Waals surface area contributed by atoms with E-state index >= 15 is 0 Å². The van der Waals surface area contributed by atoms with Gasteiger partial charge in [0.25, 0.3) is 10.0 Å². The molecule has 1 heterocycles. The van der Waals surface area contributed by atoms with E-state index < -0.39 is 10.0 Å². The number of oxazole rings is 1. The van der Waals surface area contributed by atoms with Crippen LogP contribution in [0.1, 0.15) is 11.1 Å². The fraction of sp³-hybridized carbons (Fsp3) is 0.133. The summed E-state index contributed by atoms with van der Waals surface area (Å²) in [5.41, 5.74) is 3.41. The Balaban J connectivity index is 1.98. The molecule has 1 N–H and O–H groups in total. The van der Waals surface area contributed by atoms with Crippen LogP contribution in [0.2, 0.25) is 0 Å². The van der Waals surface area contributed by atoms with E-state index in [-0.39, 0.29) is 4.90 Å². The number of nitrogens with zero attached hydrogens (tertiary/aromatic N) is 1. The topological polar surface area (TPSA) is 72.2 Å². The summed E-state index contributed by atoms with van der Waals surface area (Å²) >= 11 is 0. The van der Waals surface area contributed by atoms with Gasteiger partial charge in [-0.05, 0) is 43.7 Å². The lowest BCUT2D eigenvalue weighted by atomic mass is 10.2. The highest BCUT2D eigenvalue weighted by Gasteiger charge is 2.17. The van der Waals surface area contributed by atoms with Crippen LogP contribution in [0.15, 0.2) is 52.1 Å². The minimum atomic E-state index is -3.62. The van der Waals surface area contributed by atoms with Gasteiger partial charge >= 0.3 is 0 Å². The minimum Gasteiger partial charge on any atom is -0.443 e. The summed E-state index contributed by atoms with van der Waals surface area (Å²) in [5.74, 6) is 0. The summed E-state index contributed by atoms with van der Waals surface area (Å²) < 4.78 is 32.6. The van der Waals surface area contributed by atoms with Gasteiger partial charge in [-0.3, -0.25) is 4.72 Å². The van der Waals surface area contributed by atoms with Crippen molar-refractivity contribution in [2.75, 3.05) is 4.72 Å². The highest BCUT2D eigenvalue weighted by molar-refractivity contribution is 7.92. The Labute approximate surface area is 122 Å². The molecular weight excluding hydrogens is 288 g/mol. The number of aromatic nitrogens is 1. The van der Waals surface area contributed by atoms with E-state index in [1.165, 1.54) is 6.39 Å². The predicted octanol–water partition coefficient (Wildman–Crippen LogP) is 3.25. The number of benzene rings is 2. The molecule has 21 heavy (non-hydrogen) atoms. The average Bonchev–Trinajstić information content (AvgIpc) is 2.85. The van der Waals surface area contributed by atoms with Gasteiger partial charge in [-0.2, -0.15) is 0 Å². The van der Waals surface area contributed by atoms with Crippen LogP contribution in [0.4, 0.5) is 5.69 Å². The van der Waals surface area contributed by atoms with Gasteiger partial charge in [0.15, 0.2) is 12.0 Å². The van der Waals surface area contributed by atoms with Crippen molar-refractivity contribution in [1.29, 1.82) is 0 Å². The van der Waals surface area contributed by atoms with E-state index in [0.717, 1.165) is 5.56 Å². The fourth-order valence-electron chi connectivity index (χ4n) is 2.23. The van der Waals surface area contributed by atoms with Gasteiger partial charge in [-0.1, -0.05) is 17.7 Å². The molecule has 0 unspecified atom stereocenters. The Morgan fingerprint density at radius 2 is 1.90 bits per heavy atom. The molecule has 0 saturated carbocycles. The summed E-state index contributed by atoms with van der Waals surface area (Å²) in [6, 6.07) is 10.2.